The fourth-order valence-electron chi connectivity index (χ4n) is 1.86. The zero-order chi connectivity index (χ0) is 8.48. The molecule has 0 heterocycles. The van der Waals surface area contributed by atoms with Gasteiger partial charge in [0.15, 0.2) is 0 Å². The van der Waals surface area contributed by atoms with E-state index in [2.05, 4.69) is 6.92 Å². The van der Waals surface area contributed by atoms with Gasteiger partial charge in [-0.25, -0.2) is 0 Å². The van der Waals surface area contributed by atoms with Crippen LogP contribution in [-0.4, -0.2) is 11.4 Å². The summed E-state index contributed by atoms with van der Waals surface area (Å²) >= 11 is 0. The summed E-state index contributed by atoms with van der Waals surface area (Å²) in [5, 5.41) is 0. The van der Waals surface area contributed by atoms with E-state index in [1.54, 1.807) is 0 Å². The van der Waals surface area contributed by atoms with Crippen molar-refractivity contribution in [3.63, 3.8) is 0 Å². The zero-order valence-electron chi connectivity index (χ0n) is 6.97. The maximum absolute atomic E-state index is 10.6. The van der Waals surface area contributed by atoms with Gasteiger partial charge in [-0.2, -0.15) is 0 Å². The number of nitrogens with two attached hydrogens (primary N) is 2. The molecule has 1 fully saturated rings. The highest BCUT2D eigenvalue weighted by Gasteiger charge is 2.37. The fourth-order valence-corrected chi connectivity index (χ4v) is 1.86. The van der Waals surface area contributed by atoms with E-state index in [1.165, 1.54) is 0 Å². The SMILES string of the molecule is CC1CCCC1(N)CC(N)=O. The first-order valence-corrected chi connectivity index (χ1v) is 4.12. The summed E-state index contributed by atoms with van der Waals surface area (Å²) in [6, 6.07) is 0. The Balaban J connectivity index is 2.58. The first kappa shape index (κ1) is 8.53. The number of carbonyl (C=O) groups excluding carboxylic acids is 1. The van der Waals surface area contributed by atoms with Crippen molar-refractivity contribution < 1.29 is 4.79 Å². The number of hydrogen-bond donors (Lipinski definition) is 2. The van der Waals surface area contributed by atoms with Gasteiger partial charge in [0, 0.05) is 12.0 Å². The van der Waals surface area contributed by atoms with E-state index in [1.807, 2.05) is 0 Å². The second-order valence-electron chi connectivity index (χ2n) is 3.67. The average Bonchev–Trinajstić information content (AvgIpc) is 2.11. The van der Waals surface area contributed by atoms with Gasteiger partial charge in [0.25, 0.3) is 0 Å². The van der Waals surface area contributed by atoms with E-state index in [0.29, 0.717) is 12.3 Å². The molecule has 2 atom stereocenters. The van der Waals surface area contributed by atoms with Crippen molar-refractivity contribution in [2.75, 3.05) is 0 Å². The molecule has 0 aromatic carbocycles. The summed E-state index contributed by atoms with van der Waals surface area (Å²) in [6.07, 6.45) is 3.54. The Labute approximate surface area is 67.1 Å². The molecule has 0 aromatic rings. The summed E-state index contributed by atoms with van der Waals surface area (Å²) in [6.45, 7) is 2.09. The van der Waals surface area contributed by atoms with Gasteiger partial charge in [0.05, 0.1) is 0 Å². The van der Waals surface area contributed by atoms with Crippen molar-refractivity contribution in [1.29, 1.82) is 0 Å². The van der Waals surface area contributed by atoms with Crippen LogP contribution in [0.15, 0.2) is 0 Å². The molecule has 1 amide bonds. The van der Waals surface area contributed by atoms with Crippen LogP contribution in [0.3, 0.4) is 0 Å². The average molecular weight is 156 g/mol. The van der Waals surface area contributed by atoms with E-state index in [9.17, 15) is 4.79 Å². The molecule has 0 radical (unpaired) electrons. The third kappa shape index (κ3) is 1.71. The summed E-state index contributed by atoms with van der Waals surface area (Å²) in [4.78, 5) is 10.6. The summed E-state index contributed by atoms with van der Waals surface area (Å²) < 4.78 is 0. The predicted octanol–water partition coefficient (Wildman–Crippen LogP) is 0.379. The molecule has 0 spiro atoms. The van der Waals surface area contributed by atoms with Crippen LogP contribution < -0.4 is 11.5 Å². The molecule has 0 aliphatic heterocycles. The van der Waals surface area contributed by atoms with Gasteiger partial charge in [-0.3, -0.25) is 4.79 Å². The Hall–Kier alpha value is -0.570. The van der Waals surface area contributed by atoms with Gasteiger partial charge >= 0.3 is 0 Å². The van der Waals surface area contributed by atoms with Crippen molar-refractivity contribution in [3.8, 4) is 0 Å². The van der Waals surface area contributed by atoms with Gasteiger partial charge < -0.3 is 11.5 Å². The molecule has 1 aliphatic rings. The highest BCUT2D eigenvalue weighted by atomic mass is 16.1. The predicted molar refractivity (Wildman–Crippen MR) is 43.7 cm³/mol. The van der Waals surface area contributed by atoms with E-state index in [-0.39, 0.29) is 11.4 Å². The molecule has 3 nitrogen and oxygen atoms in total. The first-order chi connectivity index (χ1) is 5.04. The second kappa shape index (κ2) is 2.81. The molecule has 2 unspecified atom stereocenters. The van der Waals surface area contributed by atoms with Crippen LogP contribution in [0.1, 0.15) is 32.6 Å². The standard InChI is InChI=1S/C8H16N2O/c1-6-3-2-4-8(6,10)5-7(9)11/h6H,2-5,10H2,1H3,(H2,9,11). The summed E-state index contributed by atoms with van der Waals surface area (Å²) in [5.74, 6) is 0.163. The molecule has 1 rings (SSSR count). The van der Waals surface area contributed by atoms with E-state index >= 15 is 0 Å². The highest BCUT2D eigenvalue weighted by molar-refractivity contribution is 5.75. The van der Waals surface area contributed by atoms with E-state index in [0.717, 1.165) is 19.3 Å². The molecule has 0 bridgehead atoms. The molecule has 1 saturated carbocycles. The molecule has 4 N–H and O–H groups in total. The Bertz CT molecular complexity index is 169. The molecule has 0 aromatic heterocycles. The summed E-state index contributed by atoms with van der Waals surface area (Å²) in [5.41, 5.74) is 10.8. The zero-order valence-corrected chi connectivity index (χ0v) is 6.97. The Morgan fingerprint density at radius 3 is 2.73 bits per heavy atom. The van der Waals surface area contributed by atoms with Crippen LogP contribution in [0.2, 0.25) is 0 Å². The van der Waals surface area contributed by atoms with E-state index in [4.69, 9.17) is 11.5 Å². The molecule has 0 saturated heterocycles. The maximum Gasteiger partial charge on any atom is 0.219 e. The van der Waals surface area contributed by atoms with Crippen LogP contribution in [0.4, 0.5) is 0 Å². The number of amides is 1. The van der Waals surface area contributed by atoms with Gasteiger partial charge in [0.2, 0.25) is 5.91 Å². The number of primary amides is 1. The number of hydrogen-bond acceptors (Lipinski definition) is 2. The molecule has 11 heavy (non-hydrogen) atoms. The van der Waals surface area contributed by atoms with Gasteiger partial charge in [-0.15, -0.1) is 0 Å². The molecule has 1 aliphatic carbocycles. The lowest BCUT2D eigenvalue weighted by atomic mass is 9.86. The Morgan fingerprint density at radius 1 is 1.73 bits per heavy atom. The second-order valence-corrected chi connectivity index (χ2v) is 3.67. The molecule has 3 heteroatoms. The topological polar surface area (TPSA) is 69.1 Å². The van der Waals surface area contributed by atoms with Crippen molar-refractivity contribution in [2.45, 2.75) is 38.1 Å². The lowest BCUT2D eigenvalue weighted by Crippen LogP contribution is -2.45. The van der Waals surface area contributed by atoms with Crippen LogP contribution >= 0.6 is 0 Å². The normalized spacial score (nSPS) is 37.5. The maximum atomic E-state index is 10.6. The minimum atomic E-state index is -0.300. The third-order valence-electron chi connectivity index (χ3n) is 2.76. The Morgan fingerprint density at radius 2 is 2.36 bits per heavy atom. The minimum absolute atomic E-state index is 0.277. The van der Waals surface area contributed by atoms with E-state index < -0.39 is 0 Å². The fraction of sp³-hybridized carbons (Fsp3) is 0.875. The van der Waals surface area contributed by atoms with Gasteiger partial charge in [-0.05, 0) is 18.8 Å². The Kier molecular flexibility index (Phi) is 2.18. The highest BCUT2D eigenvalue weighted by Crippen LogP contribution is 2.35. The van der Waals surface area contributed by atoms with Crippen molar-refractivity contribution >= 4 is 5.91 Å². The van der Waals surface area contributed by atoms with Crippen LogP contribution in [0.5, 0.6) is 0 Å². The molecular weight excluding hydrogens is 140 g/mol. The third-order valence-corrected chi connectivity index (χ3v) is 2.76. The molecular formula is C8H16N2O. The molecule has 64 valence electrons. The lowest BCUT2D eigenvalue weighted by Gasteiger charge is -2.27. The number of rotatable bonds is 2. The quantitative estimate of drug-likeness (QED) is 0.606. The first-order valence-electron chi connectivity index (χ1n) is 4.12. The van der Waals surface area contributed by atoms with Crippen LogP contribution in [0.25, 0.3) is 0 Å². The van der Waals surface area contributed by atoms with Gasteiger partial charge in [-0.1, -0.05) is 13.3 Å². The largest absolute Gasteiger partial charge is 0.370 e. The minimum Gasteiger partial charge on any atom is -0.370 e. The summed E-state index contributed by atoms with van der Waals surface area (Å²) in [7, 11) is 0. The van der Waals surface area contributed by atoms with Crippen molar-refractivity contribution in [1.82, 2.24) is 0 Å². The van der Waals surface area contributed by atoms with Crippen LogP contribution in [0, 0.1) is 5.92 Å². The lowest BCUT2D eigenvalue weighted by molar-refractivity contribution is -0.119. The van der Waals surface area contributed by atoms with Crippen LogP contribution in [-0.2, 0) is 4.79 Å². The monoisotopic (exact) mass is 156 g/mol. The van der Waals surface area contributed by atoms with Crippen molar-refractivity contribution in [2.24, 2.45) is 17.4 Å². The van der Waals surface area contributed by atoms with Gasteiger partial charge in [0.1, 0.15) is 0 Å². The number of carbonyl (C=O) groups is 1. The smallest absolute Gasteiger partial charge is 0.219 e. The van der Waals surface area contributed by atoms with Crippen molar-refractivity contribution in [3.05, 3.63) is 0 Å².